The summed E-state index contributed by atoms with van der Waals surface area (Å²) in [5.74, 6) is 0. The normalized spacial score (nSPS) is 34.3. The molecule has 14 heavy (non-hydrogen) atoms. The molecule has 0 saturated carbocycles. The molecule has 0 spiro atoms. The number of piperazine rings is 1. The minimum Gasteiger partial charge on any atom is -0.655 e. The Morgan fingerprint density at radius 2 is 1.71 bits per heavy atom. The van der Waals surface area contributed by atoms with E-state index in [2.05, 4.69) is 5.32 Å². The molecule has 3 atom stereocenters. The van der Waals surface area contributed by atoms with Crippen LogP contribution >= 0.6 is 0 Å². The fourth-order valence-electron chi connectivity index (χ4n) is 1.98. The Morgan fingerprint density at radius 1 is 1.29 bits per heavy atom. The first-order valence-corrected chi connectivity index (χ1v) is 4.47. The third-order valence-electron chi connectivity index (χ3n) is 2.88. The molecule has 3 fully saturated rings. The van der Waals surface area contributed by atoms with Gasteiger partial charge in [0.25, 0.3) is 0 Å². The predicted octanol–water partition coefficient (Wildman–Crippen LogP) is 1.76. The van der Waals surface area contributed by atoms with E-state index in [0.717, 1.165) is 6.42 Å². The van der Waals surface area contributed by atoms with Gasteiger partial charge < -0.3 is 5.32 Å². The topological polar surface area (TPSA) is 17.3 Å². The second-order valence-electron chi connectivity index (χ2n) is 3.86. The van der Waals surface area contributed by atoms with Gasteiger partial charge in [-0.05, 0) is 20.0 Å². The van der Waals surface area contributed by atoms with E-state index < -0.39 is 12.2 Å². The van der Waals surface area contributed by atoms with Gasteiger partial charge in [0.1, 0.15) is 6.04 Å². The molecule has 0 aromatic carbocycles. The van der Waals surface area contributed by atoms with E-state index in [9.17, 15) is 13.2 Å². The van der Waals surface area contributed by atoms with Gasteiger partial charge in [0.05, 0.1) is 0 Å². The summed E-state index contributed by atoms with van der Waals surface area (Å²) in [6.45, 7) is 2.19. The minimum absolute atomic E-state index is 0. The van der Waals surface area contributed by atoms with Crippen LogP contribution in [-0.2, 0) is 32.7 Å². The van der Waals surface area contributed by atoms with Crippen LogP contribution in [0.3, 0.4) is 0 Å². The van der Waals surface area contributed by atoms with Gasteiger partial charge in [-0.25, -0.2) is 0 Å². The fraction of sp³-hybridized carbons (Fsp3) is 1.00. The predicted molar refractivity (Wildman–Crippen MR) is 42.6 cm³/mol. The molecule has 3 rings (SSSR count). The molecule has 0 aromatic rings. The fourth-order valence-corrected chi connectivity index (χ4v) is 1.98. The van der Waals surface area contributed by atoms with E-state index >= 15 is 0 Å². The van der Waals surface area contributed by atoms with Gasteiger partial charge in [-0.1, -0.05) is 6.42 Å². The average Bonchev–Trinajstić information content (AvgIpc) is 2.00. The number of fused-ring (bicyclic) bond motifs is 2. The molecule has 0 amide bonds. The van der Waals surface area contributed by atoms with Crippen LogP contribution in [0.2, 0.25) is 0 Å². The summed E-state index contributed by atoms with van der Waals surface area (Å²) in [4.78, 5) is 1.49. The monoisotopic (exact) mass is 282 g/mol. The second kappa shape index (κ2) is 4.36. The van der Waals surface area contributed by atoms with E-state index in [-0.39, 0.29) is 44.8 Å². The number of rotatable bonds is 1. The zero-order chi connectivity index (χ0) is 9.64. The number of piperidine rings is 1. The smallest absolute Gasteiger partial charge is 0.403 e. The molecule has 0 N–H and O–H groups in total. The summed E-state index contributed by atoms with van der Waals surface area (Å²) < 4.78 is 36.9. The number of halogens is 3. The summed E-state index contributed by atoms with van der Waals surface area (Å²) in [6, 6.07) is -0.972. The Balaban J connectivity index is 0.000000980. The van der Waals surface area contributed by atoms with Crippen LogP contribution in [0.5, 0.6) is 0 Å². The molecule has 79 valence electrons. The third kappa shape index (κ3) is 2.49. The van der Waals surface area contributed by atoms with E-state index in [0.29, 0.717) is 13.1 Å². The van der Waals surface area contributed by atoms with Crippen molar-refractivity contribution in [3.8, 4) is 0 Å². The van der Waals surface area contributed by atoms with Gasteiger partial charge in [-0.2, -0.15) is 13.2 Å². The van der Waals surface area contributed by atoms with Crippen molar-refractivity contribution in [1.29, 1.82) is 0 Å². The Morgan fingerprint density at radius 3 is 2.07 bits per heavy atom. The van der Waals surface area contributed by atoms with Gasteiger partial charge in [0.2, 0.25) is 0 Å². The summed E-state index contributed by atoms with van der Waals surface area (Å²) in [7, 11) is 0. The van der Waals surface area contributed by atoms with E-state index in [4.69, 9.17) is 0 Å². The third-order valence-corrected chi connectivity index (χ3v) is 2.88. The molecule has 3 saturated heterocycles. The van der Waals surface area contributed by atoms with Crippen LogP contribution < -0.4 is 0 Å². The molecule has 3 aliphatic rings. The molecular weight excluding hydrogens is 270 g/mol. The molecule has 3 unspecified atom stereocenters. The number of hydrogen-bond acceptors (Lipinski definition) is 1. The van der Waals surface area contributed by atoms with Gasteiger partial charge >= 0.3 is 6.18 Å². The molecule has 6 heteroatoms. The SMILES string of the molecule is CC(N1CC2CC(C1)[N-]2)C(F)(F)F.[Y]. The first kappa shape index (κ1) is 12.9. The summed E-state index contributed by atoms with van der Waals surface area (Å²) in [5.41, 5.74) is 0. The Hall–Kier alpha value is 0.814. The van der Waals surface area contributed by atoms with E-state index in [1.807, 2.05) is 0 Å². The maximum atomic E-state index is 12.3. The summed E-state index contributed by atoms with van der Waals surface area (Å²) >= 11 is 0. The first-order valence-electron chi connectivity index (χ1n) is 4.47. The van der Waals surface area contributed by atoms with Crippen LogP contribution in [0.1, 0.15) is 13.3 Å². The molecule has 0 aromatic heterocycles. The zero-order valence-corrected chi connectivity index (χ0v) is 10.8. The maximum Gasteiger partial charge on any atom is 0.403 e. The molecule has 3 aliphatic heterocycles. The van der Waals surface area contributed by atoms with Gasteiger partial charge in [0, 0.05) is 32.7 Å². The van der Waals surface area contributed by atoms with Crippen molar-refractivity contribution in [2.24, 2.45) is 0 Å². The van der Waals surface area contributed by atoms with Crippen LogP contribution in [-0.4, -0.2) is 42.3 Å². The molecule has 2 nitrogen and oxygen atoms in total. The maximum absolute atomic E-state index is 12.3. The van der Waals surface area contributed by atoms with Gasteiger partial charge in [-0.3, -0.25) is 4.90 Å². The molecule has 1 radical (unpaired) electrons. The number of hydrogen-bond donors (Lipinski definition) is 0. The van der Waals surface area contributed by atoms with Crippen molar-refractivity contribution in [3.63, 3.8) is 0 Å². The Kier molecular flexibility index (Phi) is 4.01. The van der Waals surface area contributed by atoms with Gasteiger partial charge in [0.15, 0.2) is 0 Å². The first-order chi connectivity index (χ1) is 5.97. The van der Waals surface area contributed by atoms with Crippen molar-refractivity contribution in [2.75, 3.05) is 13.1 Å². The van der Waals surface area contributed by atoms with Crippen molar-refractivity contribution in [3.05, 3.63) is 5.32 Å². The van der Waals surface area contributed by atoms with Crippen molar-refractivity contribution < 1.29 is 45.9 Å². The molecule has 3 heterocycles. The van der Waals surface area contributed by atoms with Crippen molar-refractivity contribution in [2.45, 2.75) is 37.6 Å². The summed E-state index contributed by atoms with van der Waals surface area (Å²) in [6.07, 6.45) is -3.11. The minimum atomic E-state index is -4.09. The standard InChI is InChI=1S/C8H12F3N2.Y/c1-5(8(9,10)11)13-3-6-2-7(4-13)12-6;/h5-7H,2-4H2,1H3;/q-1;. The second-order valence-corrected chi connectivity index (χ2v) is 3.86. The molecule has 0 aliphatic carbocycles. The molecule has 2 bridgehead atoms. The quantitative estimate of drug-likeness (QED) is 0.716. The van der Waals surface area contributed by atoms with E-state index in [1.165, 1.54) is 11.8 Å². The van der Waals surface area contributed by atoms with Crippen LogP contribution in [0.15, 0.2) is 0 Å². The zero-order valence-electron chi connectivity index (χ0n) is 7.96. The largest absolute Gasteiger partial charge is 0.655 e. The number of alkyl halides is 3. The van der Waals surface area contributed by atoms with Crippen LogP contribution in [0.25, 0.3) is 5.32 Å². The van der Waals surface area contributed by atoms with Crippen LogP contribution in [0, 0.1) is 0 Å². The average molecular weight is 282 g/mol. The number of nitrogens with zero attached hydrogens (tertiary/aromatic N) is 2. The molecular formula is C8H12F3N2Y-. The van der Waals surface area contributed by atoms with E-state index in [1.54, 1.807) is 0 Å². The van der Waals surface area contributed by atoms with Crippen molar-refractivity contribution >= 4 is 0 Å². The summed E-state index contributed by atoms with van der Waals surface area (Å²) in [5, 5.41) is 4.23. The Bertz CT molecular complexity index is 193. The Labute approximate surface area is 106 Å². The van der Waals surface area contributed by atoms with Crippen molar-refractivity contribution in [1.82, 2.24) is 4.90 Å². The van der Waals surface area contributed by atoms with Gasteiger partial charge in [-0.15, -0.1) is 12.1 Å². The van der Waals surface area contributed by atoms with Crippen LogP contribution in [0.4, 0.5) is 13.2 Å².